The van der Waals surface area contributed by atoms with Gasteiger partial charge in [0.05, 0.1) is 24.2 Å². The Morgan fingerprint density at radius 3 is 2.16 bits per heavy atom. The van der Waals surface area contributed by atoms with Gasteiger partial charge in [0.15, 0.2) is 0 Å². The van der Waals surface area contributed by atoms with Gasteiger partial charge in [-0.15, -0.1) is 0 Å². The molecule has 8 nitrogen and oxygen atoms in total. The SMILES string of the molecule is CNC(=O)c1c(-c2ccc(F)cc2)oc2cc(N(CCCF)S(C)(=O)=O)c(-c3cccc(C(=O)NC(CF)(CF)CF)c3)cc12. The lowest BCUT2D eigenvalue weighted by Gasteiger charge is -2.26. The quantitative estimate of drug-likeness (QED) is 0.179. The molecule has 45 heavy (non-hydrogen) atoms. The number of alkyl halides is 4. The number of halogens is 5. The Balaban J connectivity index is 2.01. The molecule has 0 aliphatic rings. The summed E-state index contributed by atoms with van der Waals surface area (Å²) in [5.41, 5.74) is -1.60. The summed E-state index contributed by atoms with van der Waals surface area (Å²) in [7, 11) is -2.64. The second kappa shape index (κ2) is 13.7. The zero-order chi connectivity index (χ0) is 32.9. The molecular weight excluding hydrogens is 621 g/mol. The second-order valence-electron chi connectivity index (χ2n) is 10.4. The summed E-state index contributed by atoms with van der Waals surface area (Å²) in [6.45, 7) is -5.58. The average Bonchev–Trinajstić information content (AvgIpc) is 3.41. The Morgan fingerprint density at radius 1 is 0.911 bits per heavy atom. The van der Waals surface area contributed by atoms with E-state index in [1.807, 2.05) is 5.32 Å². The Kier molecular flexibility index (Phi) is 10.2. The number of nitrogens with one attached hydrogen (secondary N) is 2. The highest BCUT2D eigenvalue weighted by Crippen LogP contribution is 2.42. The van der Waals surface area contributed by atoms with Gasteiger partial charge in [0.25, 0.3) is 11.8 Å². The van der Waals surface area contributed by atoms with Crippen molar-refractivity contribution in [1.82, 2.24) is 10.6 Å². The molecule has 3 aromatic carbocycles. The van der Waals surface area contributed by atoms with Crippen molar-refractivity contribution in [1.29, 1.82) is 0 Å². The van der Waals surface area contributed by atoms with Crippen LogP contribution in [0.1, 0.15) is 27.1 Å². The van der Waals surface area contributed by atoms with Gasteiger partial charge in [-0.05, 0) is 54.4 Å². The molecule has 0 unspecified atom stereocenters. The van der Waals surface area contributed by atoms with Crippen LogP contribution in [0.3, 0.4) is 0 Å². The van der Waals surface area contributed by atoms with Crippen LogP contribution in [-0.2, 0) is 10.0 Å². The molecule has 4 rings (SSSR count). The molecule has 0 fully saturated rings. The van der Waals surface area contributed by atoms with Gasteiger partial charge in [-0.2, -0.15) is 0 Å². The number of sulfonamides is 1. The summed E-state index contributed by atoms with van der Waals surface area (Å²) >= 11 is 0. The van der Waals surface area contributed by atoms with Gasteiger partial charge >= 0.3 is 0 Å². The number of hydrogen-bond acceptors (Lipinski definition) is 5. The van der Waals surface area contributed by atoms with Crippen LogP contribution in [-0.4, -0.2) is 72.3 Å². The number of carbonyl (C=O) groups is 2. The Labute approximate surface area is 256 Å². The number of fused-ring (bicyclic) bond motifs is 1. The number of hydrogen-bond donors (Lipinski definition) is 2. The lowest BCUT2D eigenvalue weighted by atomic mass is 9.96. The maximum atomic E-state index is 13.7. The van der Waals surface area contributed by atoms with E-state index in [1.54, 1.807) is 0 Å². The van der Waals surface area contributed by atoms with E-state index >= 15 is 0 Å². The van der Waals surface area contributed by atoms with Crippen LogP contribution in [0.2, 0.25) is 0 Å². The zero-order valence-electron chi connectivity index (χ0n) is 24.3. The van der Waals surface area contributed by atoms with Crippen LogP contribution in [0.25, 0.3) is 33.4 Å². The van der Waals surface area contributed by atoms with Crippen LogP contribution >= 0.6 is 0 Å². The first-order chi connectivity index (χ1) is 21.4. The number of amides is 2. The van der Waals surface area contributed by atoms with Crippen molar-refractivity contribution in [2.24, 2.45) is 0 Å². The van der Waals surface area contributed by atoms with Crippen molar-refractivity contribution in [3.63, 3.8) is 0 Å². The molecule has 1 heterocycles. The highest BCUT2D eigenvalue weighted by molar-refractivity contribution is 7.92. The van der Waals surface area contributed by atoms with E-state index in [-0.39, 0.29) is 57.6 Å². The summed E-state index contributed by atoms with van der Waals surface area (Å²) in [5.74, 6) is -2.02. The number of carbonyl (C=O) groups excluding carboxylic acids is 2. The van der Waals surface area contributed by atoms with Gasteiger partial charge in [-0.25, -0.2) is 26.0 Å². The third-order valence-electron chi connectivity index (χ3n) is 7.11. The van der Waals surface area contributed by atoms with E-state index in [1.165, 1.54) is 67.7 Å². The number of rotatable bonds is 13. The molecule has 0 aliphatic heterocycles. The molecule has 0 atom stereocenters. The van der Waals surface area contributed by atoms with E-state index in [9.17, 15) is 40.0 Å². The fourth-order valence-corrected chi connectivity index (χ4v) is 5.71. The highest BCUT2D eigenvalue weighted by atomic mass is 32.2. The molecule has 0 radical (unpaired) electrons. The maximum absolute atomic E-state index is 13.7. The summed E-state index contributed by atoms with van der Waals surface area (Å²) in [6, 6.07) is 13.5. The molecular formula is C31H30F5N3O5S. The van der Waals surface area contributed by atoms with Gasteiger partial charge in [0.1, 0.15) is 42.7 Å². The topological polar surface area (TPSA) is 109 Å². The van der Waals surface area contributed by atoms with Gasteiger partial charge in [0.2, 0.25) is 10.0 Å². The summed E-state index contributed by atoms with van der Waals surface area (Å²) in [6.07, 6.45) is 0.767. The Morgan fingerprint density at radius 2 is 1.58 bits per heavy atom. The first-order valence-corrected chi connectivity index (χ1v) is 15.5. The Bertz CT molecular complexity index is 1800. The van der Waals surface area contributed by atoms with E-state index in [0.717, 1.165) is 10.6 Å². The first-order valence-electron chi connectivity index (χ1n) is 13.6. The third kappa shape index (κ3) is 6.95. The van der Waals surface area contributed by atoms with Gasteiger partial charge in [-0.1, -0.05) is 12.1 Å². The number of benzene rings is 3. The predicted octanol–water partition coefficient (Wildman–Crippen LogP) is 5.77. The van der Waals surface area contributed by atoms with Crippen LogP contribution in [0.5, 0.6) is 0 Å². The molecule has 4 aromatic rings. The summed E-state index contributed by atoms with van der Waals surface area (Å²) in [4.78, 5) is 26.1. The van der Waals surface area contributed by atoms with E-state index in [2.05, 4.69) is 5.32 Å². The fourth-order valence-electron chi connectivity index (χ4n) is 4.74. The van der Waals surface area contributed by atoms with Gasteiger partial charge in [0, 0.05) is 41.7 Å². The largest absolute Gasteiger partial charge is 0.455 e. The van der Waals surface area contributed by atoms with Crippen molar-refractivity contribution in [2.75, 3.05) is 50.9 Å². The van der Waals surface area contributed by atoms with Gasteiger partial charge in [-0.3, -0.25) is 18.3 Å². The number of furan rings is 1. The molecule has 240 valence electrons. The number of anilines is 1. The van der Waals surface area contributed by atoms with E-state index in [0.29, 0.717) is 5.56 Å². The molecule has 0 saturated heterocycles. The molecule has 0 aliphatic carbocycles. The minimum absolute atomic E-state index is 0.0180. The molecule has 2 amide bonds. The third-order valence-corrected chi connectivity index (χ3v) is 8.29. The van der Waals surface area contributed by atoms with E-state index in [4.69, 9.17) is 4.42 Å². The highest BCUT2D eigenvalue weighted by Gasteiger charge is 2.33. The van der Waals surface area contributed by atoms with Crippen molar-refractivity contribution in [2.45, 2.75) is 12.0 Å². The molecule has 0 bridgehead atoms. The average molecular weight is 652 g/mol. The second-order valence-corrected chi connectivity index (χ2v) is 12.3. The number of nitrogens with zero attached hydrogens (tertiary/aromatic N) is 1. The summed E-state index contributed by atoms with van der Waals surface area (Å²) < 4.78 is 100. The van der Waals surface area contributed by atoms with Crippen LogP contribution in [0, 0.1) is 5.82 Å². The minimum atomic E-state index is -4.03. The molecule has 2 N–H and O–H groups in total. The van der Waals surface area contributed by atoms with Crippen LogP contribution in [0.15, 0.2) is 65.1 Å². The summed E-state index contributed by atoms with van der Waals surface area (Å²) in [5, 5.41) is 4.80. The molecule has 0 saturated carbocycles. The monoisotopic (exact) mass is 651 g/mol. The van der Waals surface area contributed by atoms with Gasteiger partial charge < -0.3 is 15.1 Å². The lowest BCUT2D eigenvalue weighted by molar-refractivity contribution is 0.0810. The molecule has 14 heteroatoms. The van der Waals surface area contributed by atoms with Crippen molar-refractivity contribution < 1.29 is 44.4 Å². The van der Waals surface area contributed by atoms with Crippen LogP contribution in [0.4, 0.5) is 27.6 Å². The van der Waals surface area contributed by atoms with Crippen molar-refractivity contribution >= 4 is 38.5 Å². The van der Waals surface area contributed by atoms with Crippen molar-refractivity contribution in [3.8, 4) is 22.5 Å². The molecule has 1 aromatic heterocycles. The lowest BCUT2D eigenvalue weighted by Crippen LogP contribution is -2.54. The normalized spacial score (nSPS) is 11.9. The van der Waals surface area contributed by atoms with Crippen LogP contribution < -0.4 is 14.9 Å². The molecule has 0 spiro atoms. The van der Waals surface area contributed by atoms with Crippen molar-refractivity contribution in [3.05, 3.63) is 77.6 Å². The Hall–Kier alpha value is -4.46. The van der Waals surface area contributed by atoms with E-state index < -0.39 is 59.9 Å². The zero-order valence-corrected chi connectivity index (χ0v) is 25.1. The maximum Gasteiger partial charge on any atom is 0.255 e. The first kappa shape index (κ1) is 33.4. The smallest absolute Gasteiger partial charge is 0.255 e. The fraction of sp³-hybridized carbons (Fsp3) is 0.290. The minimum Gasteiger partial charge on any atom is -0.455 e. The standard InChI is InChI=1S/C31H30F5N3O5S/c1-37-30(41)27-24-14-23(20-5-3-6-21(13-20)29(40)38-31(16-33,17-34)18-35)25(39(12-4-11-32)45(2,42)43)15-26(24)44-28(27)19-7-9-22(36)10-8-19/h3,5-10,13-15H,4,11-12,16-18H2,1-2H3,(H,37,41)(H,38,40). The predicted molar refractivity (Wildman–Crippen MR) is 161 cm³/mol.